The number of nitrogens with one attached hydrogen (secondary N) is 1. The summed E-state index contributed by atoms with van der Waals surface area (Å²) in [6.45, 7) is 6.46. The zero-order valence-corrected chi connectivity index (χ0v) is 16.1. The zero-order valence-electron chi connectivity index (χ0n) is 15.3. The number of nitrogens with two attached hydrogens (primary N) is 1. The molecule has 0 saturated heterocycles. The molecule has 25 heavy (non-hydrogen) atoms. The molecule has 0 aromatic heterocycles. The molecule has 0 amide bonds. The monoisotopic (exact) mass is 363 g/mol. The minimum Gasteiger partial charge on any atom is -0.497 e. The largest absolute Gasteiger partial charge is 0.497 e. The summed E-state index contributed by atoms with van der Waals surface area (Å²) in [5.74, 6) is 6.89. The lowest BCUT2D eigenvalue weighted by atomic mass is 9.82. The van der Waals surface area contributed by atoms with E-state index >= 15 is 0 Å². The van der Waals surface area contributed by atoms with E-state index in [1.807, 2.05) is 36.4 Å². The van der Waals surface area contributed by atoms with Gasteiger partial charge in [0.1, 0.15) is 11.5 Å². The van der Waals surface area contributed by atoms with Crippen LogP contribution in [0.15, 0.2) is 47.5 Å². The molecule has 2 aromatic rings. The number of anilines is 1. The Kier molecular flexibility index (Phi) is 7.27. The highest BCUT2D eigenvalue weighted by Crippen LogP contribution is 2.41. The van der Waals surface area contributed by atoms with Crippen molar-refractivity contribution in [3.8, 4) is 11.5 Å². The lowest BCUT2D eigenvalue weighted by Gasteiger charge is -2.20. The van der Waals surface area contributed by atoms with Crippen LogP contribution in [0.4, 0.5) is 11.4 Å². The van der Waals surface area contributed by atoms with E-state index in [-0.39, 0.29) is 17.8 Å². The lowest BCUT2D eigenvalue weighted by molar-refractivity contribution is 0.414. The molecule has 0 aliphatic carbocycles. The number of nitrogen functional groups attached to an aromatic ring is 1. The molecule has 136 valence electrons. The van der Waals surface area contributed by atoms with Crippen LogP contribution in [0.1, 0.15) is 26.3 Å². The van der Waals surface area contributed by atoms with Gasteiger partial charge in [-0.15, -0.1) is 12.4 Å². The average molecular weight is 364 g/mol. The van der Waals surface area contributed by atoms with Crippen LogP contribution in [-0.2, 0) is 5.41 Å². The molecule has 2 aromatic carbocycles. The van der Waals surface area contributed by atoms with E-state index in [9.17, 15) is 0 Å². The van der Waals surface area contributed by atoms with E-state index in [0.717, 1.165) is 22.9 Å². The van der Waals surface area contributed by atoms with Gasteiger partial charge in [-0.05, 0) is 55.0 Å². The fourth-order valence-electron chi connectivity index (χ4n) is 2.44. The van der Waals surface area contributed by atoms with Gasteiger partial charge in [0, 0.05) is 16.8 Å². The van der Waals surface area contributed by atoms with Crippen molar-refractivity contribution in [3.63, 3.8) is 0 Å². The molecule has 0 fully saturated rings. The summed E-state index contributed by atoms with van der Waals surface area (Å²) in [6, 6.07) is 13.4. The van der Waals surface area contributed by atoms with Crippen molar-refractivity contribution >= 4 is 29.5 Å². The van der Waals surface area contributed by atoms with Gasteiger partial charge in [-0.1, -0.05) is 13.8 Å². The molecule has 1 heterocycles. The number of fused-ring (bicyclic) bond motifs is 1. The molecule has 0 spiro atoms. The molecule has 0 atom stereocenters. The predicted octanol–water partition coefficient (Wildman–Crippen LogP) is 4.48. The van der Waals surface area contributed by atoms with Gasteiger partial charge >= 0.3 is 0 Å². The van der Waals surface area contributed by atoms with Crippen LogP contribution in [0, 0.1) is 0 Å². The Bertz CT molecular complexity index is 705. The number of hydrazine groups is 1. The molecule has 3 rings (SSSR count). The number of rotatable bonds is 3. The molecule has 1 aliphatic rings. The van der Waals surface area contributed by atoms with Crippen molar-refractivity contribution in [3.05, 3.63) is 48.0 Å². The highest BCUT2D eigenvalue weighted by atomic mass is 35.5. The fraction of sp³-hybridized carbons (Fsp3) is 0.316. The van der Waals surface area contributed by atoms with E-state index in [4.69, 9.17) is 15.3 Å². The molecule has 3 N–H and O–H groups in total. The first kappa shape index (κ1) is 20.8. The summed E-state index contributed by atoms with van der Waals surface area (Å²) in [7, 11) is 3.32. The second-order valence-corrected chi connectivity index (χ2v) is 6.08. The van der Waals surface area contributed by atoms with Crippen molar-refractivity contribution in [1.29, 1.82) is 0 Å². The van der Waals surface area contributed by atoms with Crippen molar-refractivity contribution in [2.75, 3.05) is 19.6 Å². The van der Waals surface area contributed by atoms with E-state index in [1.165, 1.54) is 11.3 Å². The highest BCUT2D eigenvalue weighted by Gasteiger charge is 2.32. The minimum atomic E-state index is 0. The molecule has 0 radical (unpaired) electrons. The maximum atomic E-state index is 5.22. The summed E-state index contributed by atoms with van der Waals surface area (Å²) >= 11 is 0. The maximum Gasteiger partial charge on any atom is 0.119 e. The number of benzene rings is 2. The topological polar surface area (TPSA) is 68.9 Å². The third-order valence-corrected chi connectivity index (χ3v) is 4.33. The lowest BCUT2D eigenvalue weighted by Crippen LogP contribution is -2.22. The number of halogens is 1. The van der Waals surface area contributed by atoms with Crippen molar-refractivity contribution in [1.82, 2.24) is 0 Å². The molecule has 0 unspecified atom stereocenters. The van der Waals surface area contributed by atoms with Crippen molar-refractivity contribution < 1.29 is 9.47 Å². The van der Waals surface area contributed by atoms with Gasteiger partial charge in [-0.3, -0.25) is 10.8 Å². The summed E-state index contributed by atoms with van der Waals surface area (Å²) in [5, 5.41) is 0. The average Bonchev–Trinajstić information content (AvgIpc) is 2.84. The quantitative estimate of drug-likeness (QED) is 0.623. The number of methoxy groups -OCH3 is 2. The van der Waals surface area contributed by atoms with E-state index < -0.39 is 0 Å². The second-order valence-electron chi connectivity index (χ2n) is 6.08. The Morgan fingerprint density at radius 3 is 2.04 bits per heavy atom. The number of hydrogen-bond donors (Lipinski definition) is 2. The number of ether oxygens (including phenoxy) is 2. The van der Waals surface area contributed by atoms with Crippen LogP contribution in [0.5, 0.6) is 11.5 Å². The maximum absolute atomic E-state index is 5.22. The molecule has 1 aliphatic heterocycles. The molecular weight excluding hydrogens is 338 g/mol. The number of aliphatic imine (C=N–C) groups is 1. The summed E-state index contributed by atoms with van der Waals surface area (Å²) in [6.07, 6.45) is 0. The van der Waals surface area contributed by atoms with E-state index in [1.54, 1.807) is 14.2 Å². The smallest absolute Gasteiger partial charge is 0.119 e. The van der Waals surface area contributed by atoms with Gasteiger partial charge in [0.2, 0.25) is 0 Å². The molecule has 0 bridgehead atoms. The highest BCUT2D eigenvalue weighted by molar-refractivity contribution is 5.99. The molecule has 5 nitrogen and oxygen atoms in total. The Balaban J connectivity index is 0.000000254. The zero-order chi connectivity index (χ0) is 17.7. The van der Waals surface area contributed by atoms with Gasteiger partial charge in [0.05, 0.1) is 19.9 Å². The number of nitrogens with zero attached hydrogens (tertiary/aromatic N) is 1. The Morgan fingerprint density at radius 1 is 0.960 bits per heavy atom. The Hall–Kier alpha value is -2.24. The molecule has 0 saturated carbocycles. The summed E-state index contributed by atoms with van der Waals surface area (Å²) in [5.41, 5.74) is 6.95. The molecule has 6 heteroatoms. The second kappa shape index (κ2) is 8.74. The summed E-state index contributed by atoms with van der Waals surface area (Å²) < 4.78 is 10.2. The third-order valence-electron chi connectivity index (χ3n) is 4.33. The van der Waals surface area contributed by atoms with Crippen molar-refractivity contribution in [2.45, 2.75) is 26.2 Å². The first-order chi connectivity index (χ1) is 11.4. The van der Waals surface area contributed by atoms with Crippen LogP contribution in [-0.4, -0.2) is 19.9 Å². The van der Waals surface area contributed by atoms with Crippen LogP contribution in [0.2, 0.25) is 0 Å². The van der Waals surface area contributed by atoms with Crippen LogP contribution in [0.3, 0.4) is 0 Å². The van der Waals surface area contributed by atoms with E-state index in [2.05, 4.69) is 37.3 Å². The fourth-order valence-corrected chi connectivity index (χ4v) is 2.44. The standard InChI is InChI=1S/C12H15NO.C7H10N2O.ClH/c1-8-12(2,3)10-7-9(14-4)5-6-11(10)13-8;1-10-7-4-2-6(9-8)3-5-7;/h5-7H,1-4H3;2-5,9H,8H2,1H3;1H. The predicted molar refractivity (Wildman–Crippen MR) is 107 cm³/mol. The number of hydrogen-bond acceptors (Lipinski definition) is 5. The van der Waals surface area contributed by atoms with Gasteiger partial charge < -0.3 is 14.9 Å². The van der Waals surface area contributed by atoms with Gasteiger partial charge in [0.15, 0.2) is 0 Å². The molecular formula is C19H26ClN3O2. The third kappa shape index (κ3) is 4.65. The van der Waals surface area contributed by atoms with Gasteiger partial charge in [0.25, 0.3) is 0 Å². The SMILES string of the molecule is COc1ccc(NN)cc1.COc1ccc2c(c1)C(C)(C)C(C)=N2.Cl. The summed E-state index contributed by atoms with van der Waals surface area (Å²) in [4.78, 5) is 4.54. The van der Waals surface area contributed by atoms with E-state index in [0.29, 0.717) is 0 Å². The normalized spacial score (nSPS) is 13.4. The van der Waals surface area contributed by atoms with Gasteiger partial charge in [-0.2, -0.15) is 0 Å². The van der Waals surface area contributed by atoms with Crippen LogP contribution in [0.25, 0.3) is 0 Å². The van der Waals surface area contributed by atoms with Crippen LogP contribution >= 0.6 is 12.4 Å². The first-order valence-corrected chi connectivity index (χ1v) is 7.77. The Labute approximate surface area is 155 Å². The first-order valence-electron chi connectivity index (χ1n) is 7.77. The van der Waals surface area contributed by atoms with Crippen molar-refractivity contribution in [2.24, 2.45) is 10.8 Å². The minimum absolute atomic E-state index is 0. The van der Waals surface area contributed by atoms with Crippen LogP contribution < -0.4 is 20.7 Å². The Morgan fingerprint density at radius 2 is 1.52 bits per heavy atom. The van der Waals surface area contributed by atoms with Gasteiger partial charge in [-0.25, -0.2) is 0 Å².